The second-order valence-corrected chi connectivity index (χ2v) is 7.97. The smallest absolute Gasteiger partial charge is 0.225 e. The van der Waals surface area contributed by atoms with Gasteiger partial charge in [-0.15, -0.1) is 0 Å². The molecule has 160 valence electrons. The van der Waals surface area contributed by atoms with Crippen molar-refractivity contribution in [3.05, 3.63) is 29.8 Å². The summed E-state index contributed by atoms with van der Waals surface area (Å²) in [6.07, 6.45) is 3.40. The van der Waals surface area contributed by atoms with Crippen LogP contribution in [0.15, 0.2) is 29.3 Å². The fourth-order valence-electron chi connectivity index (χ4n) is 3.90. The Morgan fingerprint density at radius 2 is 1.90 bits per heavy atom. The quantitative estimate of drug-likeness (QED) is 0.556. The second kappa shape index (κ2) is 10.5. The number of ether oxygens (including phenoxy) is 1. The van der Waals surface area contributed by atoms with Crippen LogP contribution in [0.3, 0.4) is 0 Å². The molecule has 1 aliphatic carbocycles. The predicted molar refractivity (Wildman–Crippen MR) is 116 cm³/mol. The van der Waals surface area contributed by atoms with E-state index < -0.39 is 0 Å². The summed E-state index contributed by atoms with van der Waals surface area (Å²) in [5.41, 5.74) is 1.21. The highest BCUT2D eigenvalue weighted by atomic mass is 16.5. The Hall–Kier alpha value is -2.28. The molecule has 0 radical (unpaired) electrons. The van der Waals surface area contributed by atoms with E-state index in [2.05, 4.69) is 37.1 Å². The first-order valence-electron chi connectivity index (χ1n) is 10.7. The highest BCUT2D eigenvalue weighted by molar-refractivity contribution is 5.80. The van der Waals surface area contributed by atoms with Crippen LogP contribution in [-0.4, -0.2) is 87.0 Å². The lowest BCUT2D eigenvalue weighted by Crippen LogP contribution is -2.52. The van der Waals surface area contributed by atoms with Crippen molar-refractivity contribution >= 4 is 11.9 Å². The van der Waals surface area contributed by atoms with E-state index in [1.54, 1.807) is 7.11 Å². The Kier molecular flexibility index (Phi) is 7.75. The van der Waals surface area contributed by atoms with Crippen molar-refractivity contribution in [2.24, 2.45) is 10.9 Å². The zero-order valence-corrected chi connectivity index (χ0v) is 18.1. The Labute approximate surface area is 174 Å². The molecule has 1 amide bonds. The van der Waals surface area contributed by atoms with E-state index in [9.17, 15) is 4.79 Å². The molecule has 1 aromatic rings. The molecule has 2 aliphatic rings. The summed E-state index contributed by atoms with van der Waals surface area (Å²) in [7, 11) is 5.54. The van der Waals surface area contributed by atoms with Crippen LogP contribution in [0.25, 0.3) is 0 Å². The number of amides is 1. The number of carbonyl (C=O) groups excluding carboxylic acids is 1. The van der Waals surface area contributed by atoms with Crippen LogP contribution in [0.2, 0.25) is 0 Å². The zero-order valence-electron chi connectivity index (χ0n) is 18.1. The third-order valence-electron chi connectivity index (χ3n) is 6.00. The monoisotopic (exact) mass is 401 g/mol. The lowest BCUT2D eigenvalue weighted by molar-refractivity contribution is -0.139. The fourth-order valence-corrected chi connectivity index (χ4v) is 3.90. The molecule has 0 atom stereocenters. The fraction of sp³-hybridized carbons (Fsp3) is 0.636. The summed E-state index contributed by atoms with van der Waals surface area (Å²) in [4.78, 5) is 23.4. The van der Waals surface area contributed by atoms with Gasteiger partial charge < -0.3 is 19.9 Å². The number of piperazine rings is 1. The van der Waals surface area contributed by atoms with Gasteiger partial charge in [-0.25, -0.2) is 0 Å². The van der Waals surface area contributed by atoms with Gasteiger partial charge in [-0.2, -0.15) is 0 Å². The van der Waals surface area contributed by atoms with Crippen molar-refractivity contribution in [3.63, 3.8) is 0 Å². The average Bonchev–Trinajstić information content (AvgIpc) is 2.71. The molecule has 1 heterocycles. The number of guanidine groups is 1. The van der Waals surface area contributed by atoms with E-state index in [1.165, 1.54) is 12.0 Å². The van der Waals surface area contributed by atoms with Gasteiger partial charge in [-0.05, 0) is 30.5 Å². The summed E-state index contributed by atoms with van der Waals surface area (Å²) in [6.45, 7) is 6.23. The molecule has 2 fully saturated rings. The molecule has 7 nitrogen and oxygen atoms in total. The van der Waals surface area contributed by atoms with Gasteiger partial charge in [0.05, 0.1) is 7.11 Å². The minimum absolute atomic E-state index is 0.313. The lowest BCUT2D eigenvalue weighted by Gasteiger charge is -2.38. The minimum Gasteiger partial charge on any atom is -0.497 e. The van der Waals surface area contributed by atoms with E-state index in [-0.39, 0.29) is 0 Å². The molecular weight excluding hydrogens is 366 g/mol. The normalized spacial score (nSPS) is 18.3. The molecule has 1 aliphatic heterocycles. The Morgan fingerprint density at radius 1 is 1.21 bits per heavy atom. The highest BCUT2D eigenvalue weighted by Crippen LogP contribution is 2.28. The number of hydrogen-bond donors (Lipinski definition) is 1. The minimum atomic E-state index is 0.313. The van der Waals surface area contributed by atoms with Gasteiger partial charge in [0.15, 0.2) is 5.96 Å². The summed E-state index contributed by atoms with van der Waals surface area (Å²) >= 11 is 0. The first-order chi connectivity index (χ1) is 14.1. The molecule has 0 spiro atoms. The molecule has 0 aromatic heterocycles. The Morgan fingerprint density at radius 3 is 2.45 bits per heavy atom. The van der Waals surface area contributed by atoms with Crippen LogP contribution >= 0.6 is 0 Å². The standard InChI is InChI=1S/C22H35N5O2/c1-23-22(25(2)17-18-7-9-20(29-3)10-8-18)24-11-12-26-13-15-27(16-14-26)21(28)19-5-4-6-19/h7-10,19H,4-6,11-17H2,1-3H3,(H,23,24). The Balaban J connectivity index is 1.36. The molecule has 29 heavy (non-hydrogen) atoms. The maximum absolute atomic E-state index is 12.4. The SMILES string of the molecule is CN=C(NCCN1CCN(C(=O)C2CCC2)CC1)N(C)Cc1ccc(OC)cc1. The van der Waals surface area contributed by atoms with Crippen molar-refractivity contribution in [1.29, 1.82) is 0 Å². The summed E-state index contributed by atoms with van der Waals surface area (Å²) in [5.74, 6) is 2.45. The molecule has 3 rings (SSSR count). The topological polar surface area (TPSA) is 60.4 Å². The molecular formula is C22H35N5O2. The van der Waals surface area contributed by atoms with Gasteiger partial charge in [0.25, 0.3) is 0 Å². The number of nitrogens with one attached hydrogen (secondary N) is 1. The van der Waals surface area contributed by atoms with Crippen LogP contribution in [0.5, 0.6) is 5.75 Å². The van der Waals surface area contributed by atoms with Gasteiger partial charge in [0.2, 0.25) is 5.91 Å². The molecule has 7 heteroatoms. The predicted octanol–water partition coefficient (Wildman–Crippen LogP) is 1.65. The lowest BCUT2D eigenvalue weighted by atomic mass is 9.84. The van der Waals surface area contributed by atoms with Crippen molar-refractivity contribution in [2.75, 3.05) is 60.5 Å². The largest absolute Gasteiger partial charge is 0.497 e. The first-order valence-corrected chi connectivity index (χ1v) is 10.7. The molecule has 0 bridgehead atoms. The number of hydrogen-bond acceptors (Lipinski definition) is 4. The number of nitrogens with zero attached hydrogens (tertiary/aromatic N) is 4. The van der Waals surface area contributed by atoms with E-state index in [0.29, 0.717) is 11.8 Å². The number of benzene rings is 1. The van der Waals surface area contributed by atoms with Crippen LogP contribution in [0, 0.1) is 5.92 Å². The van der Waals surface area contributed by atoms with Crippen molar-refractivity contribution in [2.45, 2.75) is 25.8 Å². The van der Waals surface area contributed by atoms with E-state index >= 15 is 0 Å². The first kappa shape index (κ1) is 21.4. The van der Waals surface area contributed by atoms with Crippen molar-refractivity contribution < 1.29 is 9.53 Å². The van der Waals surface area contributed by atoms with Gasteiger partial charge in [-0.3, -0.25) is 14.7 Å². The van der Waals surface area contributed by atoms with Crippen LogP contribution in [0.1, 0.15) is 24.8 Å². The number of aliphatic imine (C=N–C) groups is 1. The summed E-state index contributed by atoms with van der Waals surface area (Å²) in [6, 6.07) is 8.11. The van der Waals surface area contributed by atoms with Gasteiger partial charge in [0.1, 0.15) is 5.75 Å². The number of carbonyl (C=O) groups is 1. The maximum atomic E-state index is 12.4. The summed E-state index contributed by atoms with van der Waals surface area (Å²) in [5, 5.41) is 3.46. The summed E-state index contributed by atoms with van der Waals surface area (Å²) < 4.78 is 5.22. The van der Waals surface area contributed by atoms with Gasteiger partial charge >= 0.3 is 0 Å². The average molecular weight is 402 g/mol. The number of methoxy groups -OCH3 is 1. The molecule has 1 saturated carbocycles. The molecule has 1 N–H and O–H groups in total. The molecule has 1 saturated heterocycles. The number of rotatable bonds is 7. The zero-order chi connectivity index (χ0) is 20.6. The van der Waals surface area contributed by atoms with Crippen LogP contribution < -0.4 is 10.1 Å². The third-order valence-corrected chi connectivity index (χ3v) is 6.00. The molecule has 1 aromatic carbocycles. The van der Waals surface area contributed by atoms with Crippen LogP contribution in [0.4, 0.5) is 0 Å². The Bertz CT molecular complexity index is 679. The van der Waals surface area contributed by atoms with Gasteiger partial charge in [0, 0.05) is 65.8 Å². The third kappa shape index (κ3) is 5.85. The van der Waals surface area contributed by atoms with E-state index in [0.717, 1.165) is 70.4 Å². The highest BCUT2D eigenvalue weighted by Gasteiger charge is 2.31. The maximum Gasteiger partial charge on any atom is 0.225 e. The van der Waals surface area contributed by atoms with Gasteiger partial charge in [-0.1, -0.05) is 18.6 Å². The van der Waals surface area contributed by atoms with Crippen molar-refractivity contribution in [3.8, 4) is 5.75 Å². The molecule has 0 unspecified atom stereocenters. The second-order valence-electron chi connectivity index (χ2n) is 7.97. The van der Waals surface area contributed by atoms with Crippen molar-refractivity contribution in [1.82, 2.24) is 20.0 Å². The van der Waals surface area contributed by atoms with Crippen LogP contribution in [-0.2, 0) is 11.3 Å². The van der Waals surface area contributed by atoms with E-state index in [4.69, 9.17) is 4.74 Å². The van der Waals surface area contributed by atoms with E-state index in [1.807, 2.05) is 26.2 Å².